The zero-order valence-corrected chi connectivity index (χ0v) is 9.46. The Morgan fingerprint density at radius 2 is 1.62 bits per heavy atom. The zero-order chi connectivity index (χ0) is 9.78. The molecule has 0 aromatic carbocycles. The minimum absolute atomic E-state index is 0.794. The molecule has 0 aromatic rings. The summed E-state index contributed by atoms with van der Waals surface area (Å²) in [5.74, 6) is 1.07. The van der Waals surface area contributed by atoms with E-state index in [-0.39, 0.29) is 0 Å². The van der Waals surface area contributed by atoms with Crippen LogP contribution in [-0.2, 0) is 0 Å². The molecule has 0 rings (SSSR count). The fraction of sp³-hybridized carbons (Fsp3) is 1.00. The highest BCUT2D eigenvalue weighted by molar-refractivity contribution is 7.98. The topological polar surface area (TPSA) is 50.1 Å². The van der Waals surface area contributed by atoms with Gasteiger partial charge in [0.15, 0.2) is 0 Å². The van der Waals surface area contributed by atoms with Crippen LogP contribution in [0.5, 0.6) is 0 Å². The van der Waals surface area contributed by atoms with Gasteiger partial charge in [0, 0.05) is 5.88 Å². The van der Waals surface area contributed by atoms with Crippen molar-refractivity contribution in [2.45, 2.75) is 19.3 Å². The molecule has 0 atom stereocenters. The van der Waals surface area contributed by atoms with Crippen molar-refractivity contribution in [2.75, 3.05) is 38.3 Å². The molecule has 4 heteroatoms. The van der Waals surface area contributed by atoms with Gasteiger partial charge in [-0.25, -0.2) is 0 Å². The van der Waals surface area contributed by atoms with Crippen molar-refractivity contribution in [1.82, 2.24) is 10.6 Å². The molecule has 3 nitrogen and oxygen atoms in total. The molecule has 0 aliphatic rings. The lowest BCUT2D eigenvalue weighted by Gasteiger charge is -2.04. The molecule has 0 heterocycles. The maximum atomic E-state index is 5.37. The van der Waals surface area contributed by atoms with Crippen LogP contribution >= 0.6 is 11.8 Å². The van der Waals surface area contributed by atoms with Crippen LogP contribution in [0.25, 0.3) is 0 Å². The highest BCUT2D eigenvalue weighted by Gasteiger charge is 1.88. The second kappa shape index (κ2) is 12.2. The lowest BCUT2D eigenvalue weighted by molar-refractivity contribution is 0.592. The van der Waals surface area contributed by atoms with Crippen molar-refractivity contribution in [3.63, 3.8) is 0 Å². The molecule has 0 saturated carbocycles. The van der Waals surface area contributed by atoms with Crippen molar-refractivity contribution in [2.24, 2.45) is 5.73 Å². The summed E-state index contributed by atoms with van der Waals surface area (Å²) in [5, 5.41) is 6.72. The van der Waals surface area contributed by atoms with Gasteiger partial charge >= 0.3 is 0 Å². The maximum Gasteiger partial charge on any atom is 0.0415 e. The van der Waals surface area contributed by atoms with Crippen LogP contribution in [-0.4, -0.2) is 38.3 Å². The van der Waals surface area contributed by atoms with Gasteiger partial charge in [-0.05, 0) is 51.7 Å². The Hall–Kier alpha value is 0.230. The molecule has 0 radical (unpaired) electrons. The van der Waals surface area contributed by atoms with Gasteiger partial charge < -0.3 is 16.4 Å². The second-order valence-corrected chi connectivity index (χ2v) is 3.90. The van der Waals surface area contributed by atoms with E-state index in [1.54, 1.807) is 0 Å². The number of hydrogen-bond acceptors (Lipinski definition) is 4. The van der Waals surface area contributed by atoms with Gasteiger partial charge in [-0.2, -0.15) is 0 Å². The quantitative estimate of drug-likeness (QED) is 0.361. The third-order valence-corrected chi connectivity index (χ3v) is 2.25. The van der Waals surface area contributed by atoms with Crippen molar-refractivity contribution < 1.29 is 0 Å². The number of nitrogens with two attached hydrogens (primary N) is 1. The van der Waals surface area contributed by atoms with Crippen molar-refractivity contribution >= 4 is 11.8 Å². The Balaban J connectivity index is 2.76. The van der Waals surface area contributed by atoms with Gasteiger partial charge in [0.25, 0.3) is 0 Å². The van der Waals surface area contributed by atoms with Crippen LogP contribution in [0.4, 0.5) is 0 Å². The lowest BCUT2D eigenvalue weighted by Crippen LogP contribution is -2.21. The molecule has 0 bridgehead atoms. The smallest absolute Gasteiger partial charge is 0.0415 e. The first-order valence-electron chi connectivity index (χ1n) is 5.02. The van der Waals surface area contributed by atoms with E-state index in [4.69, 9.17) is 5.73 Å². The van der Waals surface area contributed by atoms with Crippen LogP contribution in [0.1, 0.15) is 19.3 Å². The summed E-state index contributed by atoms with van der Waals surface area (Å²) in [6.07, 6.45) is 5.72. The van der Waals surface area contributed by atoms with Crippen LogP contribution < -0.4 is 16.4 Å². The van der Waals surface area contributed by atoms with E-state index in [0.717, 1.165) is 38.5 Å². The number of rotatable bonds is 10. The standard InChI is InChI=1S/C9H23N3S/c1-13-9-12-7-3-2-6-11-8-4-5-10/h11-12H,2-10H2,1H3. The van der Waals surface area contributed by atoms with E-state index < -0.39 is 0 Å². The molecule has 0 saturated heterocycles. The third kappa shape index (κ3) is 12.2. The fourth-order valence-corrected chi connectivity index (χ4v) is 1.37. The molecular formula is C9H23N3S. The predicted molar refractivity (Wildman–Crippen MR) is 62.2 cm³/mol. The molecule has 0 aromatic heterocycles. The second-order valence-electron chi connectivity index (χ2n) is 3.03. The van der Waals surface area contributed by atoms with Gasteiger partial charge in [-0.1, -0.05) is 0 Å². The largest absolute Gasteiger partial charge is 0.330 e. The summed E-state index contributed by atoms with van der Waals surface area (Å²) >= 11 is 1.84. The van der Waals surface area contributed by atoms with Gasteiger partial charge in [0.1, 0.15) is 0 Å². The molecule has 0 aliphatic carbocycles. The Morgan fingerprint density at radius 1 is 1.00 bits per heavy atom. The average molecular weight is 205 g/mol. The first-order chi connectivity index (χ1) is 6.41. The number of thioether (sulfide) groups is 1. The van der Waals surface area contributed by atoms with E-state index in [1.807, 2.05) is 11.8 Å². The predicted octanol–water partition coefficient (Wildman–Crippen LogP) is 0.615. The third-order valence-electron chi connectivity index (χ3n) is 1.76. The van der Waals surface area contributed by atoms with E-state index in [0.29, 0.717) is 0 Å². The van der Waals surface area contributed by atoms with Crippen molar-refractivity contribution in [3.8, 4) is 0 Å². The van der Waals surface area contributed by atoms with E-state index in [9.17, 15) is 0 Å². The van der Waals surface area contributed by atoms with Gasteiger partial charge in [-0.15, -0.1) is 11.8 Å². The van der Waals surface area contributed by atoms with Crippen molar-refractivity contribution in [3.05, 3.63) is 0 Å². The summed E-state index contributed by atoms with van der Waals surface area (Å²) in [6.45, 7) is 4.12. The molecule has 0 aliphatic heterocycles. The van der Waals surface area contributed by atoms with E-state index in [2.05, 4.69) is 16.9 Å². The normalized spacial score (nSPS) is 10.6. The first kappa shape index (κ1) is 13.2. The highest BCUT2D eigenvalue weighted by Crippen LogP contribution is 1.88. The average Bonchev–Trinajstić information content (AvgIpc) is 2.16. The minimum Gasteiger partial charge on any atom is -0.330 e. The fourth-order valence-electron chi connectivity index (χ4n) is 1.03. The molecule has 0 amide bonds. The first-order valence-corrected chi connectivity index (χ1v) is 6.41. The summed E-state index contributed by atoms with van der Waals surface area (Å²) in [6, 6.07) is 0. The molecule has 0 unspecified atom stereocenters. The van der Waals surface area contributed by atoms with E-state index >= 15 is 0 Å². The zero-order valence-electron chi connectivity index (χ0n) is 8.64. The molecule has 13 heavy (non-hydrogen) atoms. The van der Waals surface area contributed by atoms with Gasteiger partial charge in [0.05, 0.1) is 0 Å². The monoisotopic (exact) mass is 205 g/mol. The maximum absolute atomic E-state index is 5.37. The number of nitrogens with one attached hydrogen (secondary N) is 2. The van der Waals surface area contributed by atoms with Crippen LogP contribution in [0.15, 0.2) is 0 Å². The summed E-state index contributed by atoms with van der Waals surface area (Å²) in [4.78, 5) is 0. The van der Waals surface area contributed by atoms with Crippen LogP contribution in [0.3, 0.4) is 0 Å². The molecular weight excluding hydrogens is 182 g/mol. The summed E-state index contributed by atoms with van der Waals surface area (Å²) < 4.78 is 0. The Morgan fingerprint density at radius 3 is 2.23 bits per heavy atom. The van der Waals surface area contributed by atoms with Gasteiger partial charge in [-0.3, -0.25) is 0 Å². The Labute approximate surface area is 86.2 Å². The van der Waals surface area contributed by atoms with Crippen LogP contribution in [0, 0.1) is 0 Å². The SMILES string of the molecule is CSCNCCCCNCCCN. The molecule has 0 spiro atoms. The van der Waals surface area contributed by atoms with E-state index in [1.165, 1.54) is 12.8 Å². The van der Waals surface area contributed by atoms with Gasteiger partial charge in [0.2, 0.25) is 0 Å². The number of hydrogen-bond donors (Lipinski definition) is 3. The lowest BCUT2D eigenvalue weighted by atomic mass is 10.3. The minimum atomic E-state index is 0.794. The van der Waals surface area contributed by atoms with Crippen LogP contribution in [0.2, 0.25) is 0 Å². The summed E-state index contributed by atoms with van der Waals surface area (Å²) in [5.41, 5.74) is 5.37. The Bertz CT molecular complexity index is 80.9. The molecule has 0 fully saturated rings. The Kier molecular flexibility index (Phi) is 12.4. The summed E-state index contributed by atoms with van der Waals surface area (Å²) in [7, 11) is 0. The molecule has 4 N–H and O–H groups in total. The molecule has 80 valence electrons. The van der Waals surface area contributed by atoms with Crippen molar-refractivity contribution in [1.29, 1.82) is 0 Å². The number of unbranched alkanes of at least 4 members (excludes halogenated alkanes) is 1. The highest BCUT2D eigenvalue weighted by atomic mass is 32.2.